The van der Waals surface area contributed by atoms with E-state index >= 15 is 0 Å². The van der Waals surface area contributed by atoms with Crippen molar-refractivity contribution in [3.63, 3.8) is 0 Å². The molecular weight excluding hydrogens is 811 g/mol. The van der Waals surface area contributed by atoms with Gasteiger partial charge in [0.25, 0.3) is 11.8 Å². The number of carbonyl (C=O) groups is 3. The summed E-state index contributed by atoms with van der Waals surface area (Å²) >= 11 is 0. The first-order valence-electron chi connectivity index (χ1n) is 18.6. The first kappa shape index (κ1) is 43.3. The maximum absolute atomic E-state index is 14.2. The SMILES string of the molecule is C[C@](O)(CS(=O)(=O)c1ccc(OCCCOCCC(=O)NCc2ccc(-c3[nH]c4cc(F)cc5c4c3CCNC5=O)cc2)cc1)C(=O)Nc1ccc(C#N)c(C(F)(F)F)c1. The number of H-pyrrole nitrogens is 1. The number of sulfone groups is 1. The van der Waals surface area contributed by atoms with Crippen LogP contribution in [0, 0.1) is 17.1 Å². The van der Waals surface area contributed by atoms with Crippen LogP contribution in [0.1, 0.15) is 52.4 Å². The molecule has 3 amide bonds. The molecule has 1 atom stereocenters. The van der Waals surface area contributed by atoms with Crippen molar-refractivity contribution in [1.29, 1.82) is 5.26 Å². The molecule has 0 saturated heterocycles. The Kier molecular flexibility index (Phi) is 12.9. The van der Waals surface area contributed by atoms with Crippen LogP contribution < -0.4 is 20.7 Å². The summed E-state index contributed by atoms with van der Waals surface area (Å²) in [5.41, 5.74) is -0.562. The Bertz CT molecular complexity index is 2570. The molecular formula is C42H39F4N5O8S. The van der Waals surface area contributed by atoms with E-state index in [9.17, 15) is 45.5 Å². The molecule has 0 saturated carbocycles. The van der Waals surface area contributed by atoms with Crippen LogP contribution in [0.5, 0.6) is 5.75 Å². The molecule has 1 aliphatic heterocycles. The van der Waals surface area contributed by atoms with Gasteiger partial charge >= 0.3 is 6.18 Å². The number of hydrogen-bond donors (Lipinski definition) is 5. The van der Waals surface area contributed by atoms with Crippen LogP contribution in [0.15, 0.2) is 83.8 Å². The average molecular weight is 850 g/mol. The number of halogens is 4. The van der Waals surface area contributed by atoms with Crippen molar-refractivity contribution in [3.05, 3.63) is 112 Å². The number of alkyl halides is 3. The van der Waals surface area contributed by atoms with Crippen LogP contribution in [0.25, 0.3) is 22.2 Å². The number of amides is 3. The predicted molar refractivity (Wildman–Crippen MR) is 211 cm³/mol. The van der Waals surface area contributed by atoms with Crippen molar-refractivity contribution < 1.29 is 54.9 Å². The second-order valence-electron chi connectivity index (χ2n) is 14.2. The van der Waals surface area contributed by atoms with Crippen LogP contribution in [-0.2, 0) is 43.3 Å². The molecule has 5 aromatic rings. The summed E-state index contributed by atoms with van der Waals surface area (Å²) in [5, 5.41) is 28.1. The fourth-order valence-electron chi connectivity index (χ4n) is 6.62. The Labute approximate surface area is 341 Å². The highest BCUT2D eigenvalue weighted by atomic mass is 32.2. The second-order valence-corrected chi connectivity index (χ2v) is 16.2. The van der Waals surface area contributed by atoms with Crippen LogP contribution in [0.2, 0.25) is 0 Å². The Morgan fingerprint density at radius 1 is 0.983 bits per heavy atom. The first-order chi connectivity index (χ1) is 28.4. The molecule has 60 heavy (non-hydrogen) atoms. The summed E-state index contributed by atoms with van der Waals surface area (Å²) in [6.07, 6.45) is -3.72. The van der Waals surface area contributed by atoms with Gasteiger partial charge in [-0.2, -0.15) is 18.4 Å². The number of nitrogens with one attached hydrogen (secondary N) is 4. The number of nitrogens with zero attached hydrogens (tertiary/aromatic N) is 1. The second kappa shape index (κ2) is 17.9. The number of aromatic nitrogens is 1. The zero-order valence-corrected chi connectivity index (χ0v) is 32.9. The molecule has 0 unspecified atom stereocenters. The quantitative estimate of drug-likeness (QED) is 0.0601. The minimum Gasteiger partial charge on any atom is -0.494 e. The van der Waals surface area contributed by atoms with Crippen LogP contribution in [0.3, 0.4) is 0 Å². The number of hydrogen-bond acceptors (Lipinski definition) is 9. The molecule has 2 heterocycles. The van der Waals surface area contributed by atoms with Gasteiger partial charge in [-0.05, 0) is 84.6 Å². The highest BCUT2D eigenvalue weighted by Gasteiger charge is 2.38. The maximum atomic E-state index is 14.2. The molecule has 0 fully saturated rings. The van der Waals surface area contributed by atoms with Crippen molar-refractivity contribution >= 4 is 44.1 Å². The molecule has 0 radical (unpaired) electrons. The van der Waals surface area contributed by atoms with E-state index in [1.54, 1.807) is 0 Å². The summed E-state index contributed by atoms with van der Waals surface area (Å²) in [6.45, 7) is 2.30. The number of benzene rings is 4. The number of nitriles is 1. The van der Waals surface area contributed by atoms with E-state index < -0.39 is 50.2 Å². The number of anilines is 1. The normalized spacial score (nSPS) is 13.8. The number of ether oxygens (including phenoxy) is 2. The molecule has 0 spiro atoms. The largest absolute Gasteiger partial charge is 0.494 e. The molecule has 13 nitrogen and oxygen atoms in total. The predicted octanol–water partition coefficient (Wildman–Crippen LogP) is 5.81. The molecule has 314 valence electrons. The van der Waals surface area contributed by atoms with E-state index in [0.29, 0.717) is 48.8 Å². The standard InChI is InChI=1S/C42H39F4N5O8S/c1-41(55,40(54)50-29-8-7-27(22-47)34(21-29)42(44,45)46)24-60(56,57)31-11-9-30(10-12-31)59-17-2-16-58-18-14-36(52)49-23-25-3-5-26(6-4-25)38-32-13-15-48-39(53)33-19-28(43)20-35(51-38)37(32)33/h3-12,19-21,51,55H,2,13-18,23-24H2,1H3,(H,48,53)(H,49,52)(H,50,54)/t41-/m0/s1. The highest BCUT2D eigenvalue weighted by Crippen LogP contribution is 2.36. The van der Waals surface area contributed by atoms with Gasteiger partial charge in [-0.3, -0.25) is 14.4 Å². The number of aliphatic hydroxyl groups is 1. The van der Waals surface area contributed by atoms with Gasteiger partial charge in [0.2, 0.25) is 5.91 Å². The van der Waals surface area contributed by atoms with Crippen molar-refractivity contribution in [3.8, 4) is 23.1 Å². The Morgan fingerprint density at radius 2 is 1.72 bits per heavy atom. The summed E-state index contributed by atoms with van der Waals surface area (Å²) < 4.78 is 91.4. The zero-order chi connectivity index (χ0) is 43.2. The highest BCUT2D eigenvalue weighted by molar-refractivity contribution is 7.91. The van der Waals surface area contributed by atoms with Crippen molar-refractivity contribution in [2.24, 2.45) is 0 Å². The van der Waals surface area contributed by atoms with Crippen molar-refractivity contribution in [2.45, 2.75) is 49.4 Å². The molecule has 0 aliphatic carbocycles. The molecule has 6 rings (SSSR count). The van der Waals surface area contributed by atoms with Gasteiger partial charge in [0.1, 0.15) is 11.6 Å². The van der Waals surface area contributed by atoms with Gasteiger partial charge < -0.3 is 35.5 Å². The van der Waals surface area contributed by atoms with E-state index in [0.717, 1.165) is 46.8 Å². The minimum absolute atomic E-state index is 0.127. The van der Waals surface area contributed by atoms with E-state index in [1.165, 1.54) is 42.5 Å². The lowest BCUT2D eigenvalue weighted by Gasteiger charge is -2.22. The maximum Gasteiger partial charge on any atom is 0.417 e. The number of carbonyl (C=O) groups excluding carboxylic acids is 3. The molecule has 1 aliphatic rings. The van der Waals surface area contributed by atoms with Gasteiger partial charge in [-0.1, -0.05) is 24.3 Å². The Hall–Kier alpha value is -6.29. The van der Waals surface area contributed by atoms with Gasteiger partial charge in [0.05, 0.1) is 46.6 Å². The monoisotopic (exact) mass is 849 g/mol. The van der Waals surface area contributed by atoms with E-state index in [4.69, 9.17) is 14.7 Å². The summed E-state index contributed by atoms with van der Waals surface area (Å²) in [4.78, 5) is 40.7. The molecule has 1 aromatic heterocycles. The van der Waals surface area contributed by atoms with E-state index in [1.807, 2.05) is 24.3 Å². The molecule has 4 aromatic carbocycles. The van der Waals surface area contributed by atoms with Crippen LogP contribution in [0.4, 0.5) is 23.2 Å². The third kappa shape index (κ3) is 10.3. The van der Waals surface area contributed by atoms with Gasteiger partial charge in [0.15, 0.2) is 15.4 Å². The fourth-order valence-corrected chi connectivity index (χ4v) is 8.20. The van der Waals surface area contributed by atoms with Crippen LogP contribution in [-0.4, -0.2) is 73.9 Å². The van der Waals surface area contributed by atoms with Crippen LogP contribution >= 0.6 is 0 Å². The summed E-state index contributed by atoms with van der Waals surface area (Å²) in [5.74, 6) is -3.03. The summed E-state index contributed by atoms with van der Waals surface area (Å²) in [7, 11) is -4.26. The average Bonchev–Trinajstić information content (AvgIpc) is 3.47. The zero-order valence-electron chi connectivity index (χ0n) is 32.0. The lowest BCUT2D eigenvalue weighted by Crippen LogP contribution is -2.45. The van der Waals surface area contributed by atoms with Crippen molar-refractivity contribution in [1.82, 2.24) is 15.6 Å². The number of aromatic amines is 1. The van der Waals surface area contributed by atoms with E-state index in [-0.39, 0.29) is 48.6 Å². The smallest absolute Gasteiger partial charge is 0.417 e. The molecule has 0 bridgehead atoms. The first-order valence-corrected chi connectivity index (χ1v) is 20.3. The van der Waals surface area contributed by atoms with Gasteiger partial charge in [0, 0.05) is 54.8 Å². The Balaban J connectivity index is 0.889. The minimum atomic E-state index is -4.89. The third-order valence-electron chi connectivity index (χ3n) is 9.63. The lowest BCUT2D eigenvalue weighted by atomic mass is 9.99. The Morgan fingerprint density at radius 3 is 2.42 bits per heavy atom. The van der Waals surface area contributed by atoms with Gasteiger partial charge in [-0.15, -0.1) is 0 Å². The molecule has 5 N–H and O–H groups in total. The van der Waals surface area contributed by atoms with E-state index in [2.05, 4.69) is 20.9 Å². The fraction of sp³-hybridized carbons (Fsp3) is 0.286. The summed E-state index contributed by atoms with van der Waals surface area (Å²) in [6, 6.07) is 19.2. The third-order valence-corrected chi connectivity index (χ3v) is 11.6. The topological polar surface area (TPSA) is 200 Å². The lowest BCUT2D eigenvalue weighted by molar-refractivity contribution is -0.138. The molecule has 18 heteroatoms. The number of rotatable bonds is 16. The van der Waals surface area contributed by atoms with Crippen molar-refractivity contribution in [2.75, 3.05) is 37.4 Å². The van der Waals surface area contributed by atoms with Gasteiger partial charge in [-0.25, -0.2) is 12.8 Å².